The summed E-state index contributed by atoms with van der Waals surface area (Å²) in [5, 5.41) is 5.88. The highest BCUT2D eigenvalue weighted by Crippen LogP contribution is 2.14. The SMILES string of the molecule is CNCC(C)C(=O)Nc1ccc(CN(C(C)=O)C(C)C)cc1.Cl. The predicted octanol–water partition coefficient (Wildman–Crippen LogP) is 2.66. The van der Waals surface area contributed by atoms with Gasteiger partial charge in [-0.3, -0.25) is 9.59 Å². The van der Waals surface area contributed by atoms with Gasteiger partial charge in [0.25, 0.3) is 0 Å². The van der Waals surface area contributed by atoms with Crippen LogP contribution in [0.25, 0.3) is 0 Å². The number of benzene rings is 1. The van der Waals surface area contributed by atoms with Gasteiger partial charge >= 0.3 is 0 Å². The van der Waals surface area contributed by atoms with Crippen molar-refractivity contribution in [3.63, 3.8) is 0 Å². The van der Waals surface area contributed by atoms with Gasteiger partial charge in [0.1, 0.15) is 0 Å². The molecular formula is C17H28ClN3O2. The fourth-order valence-corrected chi connectivity index (χ4v) is 2.21. The molecule has 23 heavy (non-hydrogen) atoms. The minimum atomic E-state index is -0.0844. The van der Waals surface area contributed by atoms with Gasteiger partial charge in [-0.05, 0) is 38.6 Å². The van der Waals surface area contributed by atoms with E-state index in [1.165, 1.54) is 0 Å². The van der Waals surface area contributed by atoms with Crippen LogP contribution < -0.4 is 10.6 Å². The smallest absolute Gasteiger partial charge is 0.228 e. The summed E-state index contributed by atoms with van der Waals surface area (Å²) in [4.78, 5) is 25.3. The lowest BCUT2D eigenvalue weighted by atomic mass is 10.1. The Hall–Kier alpha value is -1.59. The molecule has 1 atom stereocenters. The summed E-state index contributed by atoms with van der Waals surface area (Å²) >= 11 is 0. The Bertz CT molecular complexity index is 503. The zero-order chi connectivity index (χ0) is 16.7. The van der Waals surface area contributed by atoms with Crippen molar-refractivity contribution in [1.82, 2.24) is 10.2 Å². The highest BCUT2D eigenvalue weighted by atomic mass is 35.5. The van der Waals surface area contributed by atoms with Crippen LogP contribution in [-0.4, -0.2) is 36.3 Å². The molecule has 0 fully saturated rings. The van der Waals surface area contributed by atoms with E-state index in [2.05, 4.69) is 10.6 Å². The second-order valence-corrected chi connectivity index (χ2v) is 5.89. The lowest BCUT2D eigenvalue weighted by Gasteiger charge is -2.25. The molecule has 1 rings (SSSR count). The molecule has 6 heteroatoms. The maximum atomic E-state index is 11.9. The zero-order valence-corrected chi connectivity index (χ0v) is 15.4. The van der Waals surface area contributed by atoms with Crippen LogP contribution in [0.4, 0.5) is 5.69 Å². The molecule has 1 aromatic carbocycles. The summed E-state index contributed by atoms with van der Waals surface area (Å²) in [6.07, 6.45) is 0. The van der Waals surface area contributed by atoms with Crippen LogP contribution in [0.3, 0.4) is 0 Å². The molecule has 0 aliphatic rings. The second kappa shape index (κ2) is 10.2. The Morgan fingerprint density at radius 2 is 1.70 bits per heavy atom. The molecule has 0 saturated carbocycles. The number of carbonyl (C=O) groups is 2. The van der Waals surface area contributed by atoms with Crippen molar-refractivity contribution in [3.05, 3.63) is 29.8 Å². The van der Waals surface area contributed by atoms with E-state index >= 15 is 0 Å². The summed E-state index contributed by atoms with van der Waals surface area (Å²) in [7, 11) is 1.83. The zero-order valence-electron chi connectivity index (χ0n) is 14.6. The van der Waals surface area contributed by atoms with Gasteiger partial charge in [-0.2, -0.15) is 0 Å². The Morgan fingerprint density at radius 3 is 2.13 bits per heavy atom. The third kappa shape index (κ3) is 7.01. The number of halogens is 1. The van der Waals surface area contributed by atoms with Crippen LogP contribution in [0, 0.1) is 5.92 Å². The summed E-state index contributed by atoms with van der Waals surface area (Å²) in [5.74, 6) is -0.0262. The Morgan fingerprint density at radius 1 is 1.13 bits per heavy atom. The normalized spacial score (nSPS) is 11.6. The summed E-state index contributed by atoms with van der Waals surface area (Å²) in [6.45, 7) is 8.69. The number of nitrogens with zero attached hydrogens (tertiary/aromatic N) is 1. The third-order valence-corrected chi connectivity index (χ3v) is 3.56. The van der Waals surface area contributed by atoms with E-state index in [9.17, 15) is 9.59 Å². The quantitative estimate of drug-likeness (QED) is 0.801. The average molecular weight is 342 g/mol. The van der Waals surface area contributed by atoms with Crippen molar-refractivity contribution in [3.8, 4) is 0 Å². The summed E-state index contributed by atoms with van der Waals surface area (Å²) in [6, 6.07) is 7.79. The molecular weight excluding hydrogens is 314 g/mol. The largest absolute Gasteiger partial charge is 0.336 e. The standard InChI is InChI=1S/C17H27N3O2.ClH/c1-12(2)20(14(4)21)11-15-6-8-16(9-7-15)19-17(22)13(3)10-18-5;/h6-9,12-13,18H,10-11H2,1-5H3,(H,19,22);1H. The minimum absolute atomic E-state index is 0. The summed E-state index contributed by atoms with van der Waals surface area (Å²) in [5.41, 5.74) is 1.82. The number of amides is 2. The average Bonchev–Trinajstić information content (AvgIpc) is 2.45. The molecule has 130 valence electrons. The fraction of sp³-hybridized carbons (Fsp3) is 0.529. The maximum Gasteiger partial charge on any atom is 0.228 e. The Balaban J connectivity index is 0.00000484. The highest BCUT2D eigenvalue weighted by Gasteiger charge is 2.14. The van der Waals surface area contributed by atoms with Gasteiger partial charge in [0, 0.05) is 37.7 Å². The molecule has 0 bridgehead atoms. The topological polar surface area (TPSA) is 61.4 Å². The van der Waals surface area contributed by atoms with Gasteiger partial charge < -0.3 is 15.5 Å². The molecule has 0 aliphatic heterocycles. The molecule has 0 saturated heterocycles. The van der Waals surface area contributed by atoms with Crippen LogP contribution in [0.15, 0.2) is 24.3 Å². The van der Waals surface area contributed by atoms with Crippen molar-refractivity contribution in [2.45, 2.75) is 40.3 Å². The van der Waals surface area contributed by atoms with Gasteiger partial charge in [-0.25, -0.2) is 0 Å². The Labute approximate surface area is 145 Å². The van der Waals surface area contributed by atoms with Crippen molar-refractivity contribution >= 4 is 29.9 Å². The van der Waals surface area contributed by atoms with Crippen LogP contribution in [0.5, 0.6) is 0 Å². The highest BCUT2D eigenvalue weighted by molar-refractivity contribution is 5.92. The number of carbonyl (C=O) groups excluding carboxylic acids is 2. The molecule has 0 aromatic heterocycles. The fourth-order valence-electron chi connectivity index (χ4n) is 2.21. The van der Waals surface area contributed by atoms with E-state index < -0.39 is 0 Å². The number of anilines is 1. The minimum Gasteiger partial charge on any atom is -0.336 e. The van der Waals surface area contributed by atoms with Crippen LogP contribution in [0.1, 0.15) is 33.3 Å². The first-order valence-electron chi connectivity index (χ1n) is 7.66. The number of nitrogens with one attached hydrogen (secondary N) is 2. The van der Waals surface area contributed by atoms with E-state index in [0.717, 1.165) is 11.3 Å². The summed E-state index contributed by atoms with van der Waals surface area (Å²) < 4.78 is 0. The van der Waals surface area contributed by atoms with Gasteiger partial charge in [-0.1, -0.05) is 19.1 Å². The lowest BCUT2D eigenvalue weighted by Crippen LogP contribution is -2.34. The van der Waals surface area contributed by atoms with Crippen LogP contribution >= 0.6 is 12.4 Å². The number of rotatable bonds is 7. The first-order valence-corrected chi connectivity index (χ1v) is 7.66. The molecule has 0 heterocycles. The van der Waals surface area contributed by atoms with Crippen molar-refractivity contribution in [2.24, 2.45) is 5.92 Å². The van der Waals surface area contributed by atoms with E-state index in [1.807, 2.05) is 57.0 Å². The van der Waals surface area contributed by atoms with Crippen LogP contribution in [0.2, 0.25) is 0 Å². The van der Waals surface area contributed by atoms with E-state index in [0.29, 0.717) is 13.1 Å². The van der Waals surface area contributed by atoms with E-state index in [-0.39, 0.29) is 36.2 Å². The van der Waals surface area contributed by atoms with Gasteiger partial charge in [0.05, 0.1) is 0 Å². The molecule has 2 N–H and O–H groups in total. The number of hydrogen-bond donors (Lipinski definition) is 2. The van der Waals surface area contributed by atoms with E-state index in [1.54, 1.807) is 6.92 Å². The van der Waals surface area contributed by atoms with Crippen molar-refractivity contribution in [2.75, 3.05) is 18.9 Å². The van der Waals surface area contributed by atoms with E-state index in [4.69, 9.17) is 0 Å². The molecule has 1 unspecified atom stereocenters. The Kier molecular flexibility index (Phi) is 9.53. The first-order chi connectivity index (χ1) is 10.3. The molecule has 0 radical (unpaired) electrons. The molecule has 0 spiro atoms. The monoisotopic (exact) mass is 341 g/mol. The number of hydrogen-bond acceptors (Lipinski definition) is 3. The van der Waals surface area contributed by atoms with Gasteiger partial charge in [0.2, 0.25) is 11.8 Å². The first kappa shape index (κ1) is 21.4. The molecule has 2 amide bonds. The van der Waals surface area contributed by atoms with Gasteiger partial charge in [-0.15, -0.1) is 12.4 Å². The molecule has 1 aromatic rings. The van der Waals surface area contributed by atoms with Crippen molar-refractivity contribution < 1.29 is 9.59 Å². The maximum absolute atomic E-state index is 11.9. The molecule has 0 aliphatic carbocycles. The second-order valence-electron chi connectivity index (χ2n) is 5.89. The third-order valence-electron chi connectivity index (χ3n) is 3.56. The van der Waals surface area contributed by atoms with Crippen molar-refractivity contribution in [1.29, 1.82) is 0 Å². The predicted molar refractivity (Wildman–Crippen MR) is 96.8 cm³/mol. The van der Waals surface area contributed by atoms with Crippen LogP contribution in [-0.2, 0) is 16.1 Å². The molecule has 5 nitrogen and oxygen atoms in total. The van der Waals surface area contributed by atoms with Gasteiger partial charge in [0.15, 0.2) is 0 Å². The lowest BCUT2D eigenvalue weighted by molar-refractivity contribution is -0.131.